The molecule has 1 N–H and O–H groups in total. The molecule has 4 heteroatoms. The van der Waals surface area contributed by atoms with Gasteiger partial charge in [0.1, 0.15) is 5.75 Å². The van der Waals surface area contributed by atoms with Gasteiger partial charge in [0.05, 0.1) is 0 Å². The van der Waals surface area contributed by atoms with Crippen molar-refractivity contribution in [2.24, 2.45) is 0 Å². The van der Waals surface area contributed by atoms with Crippen LogP contribution in [0.5, 0.6) is 5.75 Å². The lowest BCUT2D eigenvalue weighted by Crippen LogP contribution is -2.43. The second kappa shape index (κ2) is 8.28. The van der Waals surface area contributed by atoms with Gasteiger partial charge in [0.25, 0.3) is 5.91 Å². The van der Waals surface area contributed by atoms with E-state index >= 15 is 0 Å². The molecular weight excluding hydrogens is 286 g/mol. The second-order valence-electron chi connectivity index (χ2n) is 5.67. The van der Waals surface area contributed by atoms with Crippen molar-refractivity contribution in [2.45, 2.75) is 64.0 Å². The largest absolute Gasteiger partial charge is 0.481 e. The van der Waals surface area contributed by atoms with Crippen LogP contribution in [-0.4, -0.2) is 18.1 Å². The summed E-state index contributed by atoms with van der Waals surface area (Å²) in [6.07, 6.45) is 7.33. The van der Waals surface area contributed by atoms with E-state index in [-0.39, 0.29) is 5.91 Å². The van der Waals surface area contributed by atoms with Crippen LogP contribution < -0.4 is 10.1 Å². The molecule has 3 nitrogen and oxygen atoms in total. The van der Waals surface area contributed by atoms with E-state index in [4.69, 9.17) is 16.3 Å². The first kappa shape index (κ1) is 16.2. The Morgan fingerprint density at radius 2 is 2.05 bits per heavy atom. The predicted octanol–water partition coefficient (Wildman–Crippen LogP) is 4.34. The van der Waals surface area contributed by atoms with E-state index in [1.807, 2.05) is 19.1 Å². The molecule has 116 valence electrons. The molecule has 0 aliphatic heterocycles. The summed E-state index contributed by atoms with van der Waals surface area (Å²) < 4.78 is 5.78. The molecule has 1 amide bonds. The smallest absolute Gasteiger partial charge is 0.261 e. The lowest BCUT2D eigenvalue weighted by Gasteiger charge is -2.22. The molecule has 0 unspecified atom stereocenters. The van der Waals surface area contributed by atoms with Crippen molar-refractivity contribution in [1.82, 2.24) is 5.32 Å². The molecule has 1 aliphatic rings. The Morgan fingerprint density at radius 1 is 1.33 bits per heavy atom. The third-order valence-corrected chi connectivity index (χ3v) is 4.17. The normalized spacial score (nSPS) is 17.8. The van der Waals surface area contributed by atoms with Crippen LogP contribution in [-0.2, 0) is 4.79 Å². The zero-order valence-corrected chi connectivity index (χ0v) is 13.4. The van der Waals surface area contributed by atoms with Crippen molar-refractivity contribution < 1.29 is 9.53 Å². The highest BCUT2D eigenvalue weighted by atomic mass is 35.5. The highest BCUT2D eigenvalue weighted by Crippen LogP contribution is 2.20. The first-order valence-corrected chi connectivity index (χ1v) is 8.29. The average molecular weight is 310 g/mol. The van der Waals surface area contributed by atoms with Gasteiger partial charge in [-0.15, -0.1) is 0 Å². The summed E-state index contributed by atoms with van der Waals surface area (Å²) in [6.45, 7) is 1.96. The van der Waals surface area contributed by atoms with Gasteiger partial charge in [0.2, 0.25) is 0 Å². The molecular formula is C17H24ClNO2. The Morgan fingerprint density at radius 3 is 2.67 bits per heavy atom. The Balaban J connectivity index is 1.91. The highest BCUT2D eigenvalue weighted by Gasteiger charge is 2.22. The maximum absolute atomic E-state index is 12.4. The van der Waals surface area contributed by atoms with Gasteiger partial charge < -0.3 is 10.1 Å². The number of ether oxygens (including phenoxy) is 1. The zero-order valence-electron chi connectivity index (χ0n) is 12.6. The number of hydrogen-bond donors (Lipinski definition) is 1. The summed E-state index contributed by atoms with van der Waals surface area (Å²) in [5, 5.41) is 3.76. The fourth-order valence-electron chi connectivity index (χ4n) is 2.74. The molecule has 0 aromatic heterocycles. The number of rotatable bonds is 5. The minimum Gasteiger partial charge on any atom is -0.481 e. The average Bonchev–Trinajstić information content (AvgIpc) is 2.73. The van der Waals surface area contributed by atoms with Crippen molar-refractivity contribution in [1.29, 1.82) is 0 Å². The predicted molar refractivity (Wildman–Crippen MR) is 85.8 cm³/mol. The van der Waals surface area contributed by atoms with Gasteiger partial charge in [0.15, 0.2) is 6.10 Å². The molecule has 1 aromatic rings. The van der Waals surface area contributed by atoms with Crippen molar-refractivity contribution in [2.75, 3.05) is 0 Å². The quantitative estimate of drug-likeness (QED) is 0.822. The number of carbonyl (C=O) groups is 1. The van der Waals surface area contributed by atoms with Crippen molar-refractivity contribution in [3.63, 3.8) is 0 Å². The van der Waals surface area contributed by atoms with Crippen molar-refractivity contribution >= 4 is 17.5 Å². The maximum atomic E-state index is 12.4. The van der Waals surface area contributed by atoms with Crippen LogP contribution >= 0.6 is 11.6 Å². The molecule has 0 saturated heterocycles. The summed E-state index contributed by atoms with van der Waals surface area (Å²) in [4.78, 5) is 12.4. The number of nitrogens with one attached hydrogen (secondary N) is 1. The monoisotopic (exact) mass is 309 g/mol. The Labute approximate surface area is 132 Å². The van der Waals surface area contributed by atoms with E-state index in [0.29, 0.717) is 23.2 Å². The molecule has 1 atom stereocenters. The van der Waals surface area contributed by atoms with Crippen LogP contribution in [0.25, 0.3) is 0 Å². The molecule has 0 bridgehead atoms. The minimum atomic E-state index is -0.452. The number of amides is 1. The lowest BCUT2D eigenvalue weighted by atomic mass is 10.1. The van der Waals surface area contributed by atoms with Gasteiger partial charge in [-0.1, -0.05) is 50.3 Å². The van der Waals surface area contributed by atoms with Crippen LogP contribution in [0.3, 0.4) is 0 Å². The Hall–Kier alpha value is -1.22. The van der Waals surface area contributed by atoms with Crippen molar-refractivity contribution in [3.05, 3.63) is 29.3 Å². The maximum Gasteiger partial charge on any atom is 0.261 e. The molecule has 21 heavy (non-hydrogen) atoms. The fraction of sp³-hybridized carbons (Fsp3) is 0.588. The summed E-state index contributed by atoms with van der Waals surface area (Å²) in [5.74, 6) is 0.634. The minimum absolute atomic E-state index is 0.00984. The molecule has 2 rings (SSSR count). The third-order valence-electron chi connectivity index (χ3n) is 3.94. The first-order valence-electron chi connectivity index (χ1n) is 7.91. The van der Waals surface area contributed by atoms with Crippen LogP contribution in [0, 0.1) is 0 Å². The van der Waals surface area contributed by atoms with E-state index in [9.17, 15) is 4.79 Å². The SMILES string of the molecule is CC[C@H](Oc1cccc(Cl)c1)C(=O)NC1CCCCCC1. The topological polar surface area (TPSA) is 38.3 Å². The molecule has 1 aromatic carbocycles. The van der Waals surface area contributed by atoms with Gasteiger partial charge in [-0.05, 0) is 37.5 Å². The first-order chi connectivity index (χ1) is 10.2. The standard InChI is InChI=1S/C17H24ClNO2/c1-2-16(21-15-11-7-8-13(18)12-15)17(20)19-14-9-5-3-4-6-10-14/h7-8,11-12,14,16H,2-6,9-10H2,1H3,(H,19,20)/t16-/m0/s1. The summed E-state index contributed by atoms with van der Waals surface area (Å²) in [6, 6.07) is 7.49. The number of benzene rings is 1. The summed E-state index contributed by atoms with van der Waals surface area (Å²) in [7, 11) is 0. The van der Waals surface area contributed by atoms with Gasteiger partial charge in [0, 0.05) is 11.1 Å². The van der Waals surface area contributed by atoms with Crippen molar-refractivity contribution in [3.8, 4) is 5.75 Å². The van der Waals surface area contributed by atoms with Gasteiger partial charge in [-0.25, -0.2) is 0 Å². The van der Waals surface area contributed by atoms with Gasteiger partial charge in [-0.3, -0.25) is 4.79 Å². The van der Waals surface area contributed by atoms with Crippen LogP contribution in [0.15, 0.2) is 24.3 Å². The van der Waals surface area contributed by atoms with E-state index < -0.39 is 6.10 Å². The number of halogens is 1. The van der Waals surface area contributed by atoms with Crippen LogP contribution in [0.4, 0.5) is 0 Å². The third kappa shape index (κ3) is 5.24. The zero-order chi connectivity index (χ0) is 15.1. The van der Waals surface area contributed by atoms with Crippen LogP contribution in [0.2, 0.25) is 5.02 Å². The second-order valence-corrected chi connectivity index (χ2v) is 6.11. The lowest BCUT2D eigenvalue weighted by molar-refractivity contribution is -0.128. The van der Waals surface area contributed by atoms with E-state index in [1.165, 1.54) is 25.7 Å². The van der Waals surface area contributed by atoms with E-state index in [1.54, 1.807) is 12.1 Å². The highest BCUT2D eigenvalue weighted by molar-refractivity contribution is 6.30. The van der Waals surface area contributed by atoms with Gasteiger partial charge in [-0.2, -0.15) is 0 Å². The summed E-state index contributed by atoms with van der Waals surface area (Å²) in [5.41, 5.74) is 0. The molecule has 1 fully saturated rings. The molecule has 0 radical (unpaired) electrons. The molecule has 1 saturated carbocycles. The summed E-state index contributed by atoms with van der Waals surface area (Å²) >= 11 is 5.94. The molecule has 1 aliphatic carbocycles. The molecule has 0 spiro atoms. The molecule has 0 heterocycles. The Bertz CT molecular complexity index is 456. The van der Waals surface area contributed by atoms with E-state index in [0.717, 1.165) is 12.8 Å². The Kier molecular flexibility index (Phi) is 6.37. The van der Waals surface area contributed by atoms with E-state index in [2.05, 4.69) is 5.32 Å². The van der Waals surface area contributed by atoms with Crippen LogP contribution in [0.1, 0.15) is 51.9 Å². The number of hydrogen-bond acceptors (Lipinski definition) is 2. The van der Waals surface area contributed by atoms with Gasteiger partial charge >= 0.3 is 0 Å². The number of carbonyl (C=O) groups excluding carboxylic acids is 1. The fourth-order valence-corrected chi connectivity index (χ4v) is 2.92.